The Kier molecular flexibility index (Phi) is 5.00. The highest BCUT2D eigenvalue weighted by atomic mass is 19.1. The molecule has 0 bridgehead atoms. The molecule has 2 rings (SSSR count). The Morgan fingerprint density at radius 2 is 1.73 bits per heavy atom. The first kappa shape index (κ1) is 15.8. The summed E-state index contributed by atoms with van der Waals surface area (Å²) in [5, 5.41) is 14.3. The lowest BCUT2D eigenvalue weighted by molar-refractivity contribution is 0.166. The molecule has 0 aliphatic rings. The van der Waals surface area contributed by atoms with Crippen molar-refractivity contribution in [2.75, 3.05) is 11.9 Å². The van der Waals surface area contributed by atoms with Crippen LogP contribution in [0.15, 0.2) is 42.5 Å². The molecule has 0 aliphatic carbocycles. The van der Waals surface area contributed by atoms with E-state index < -0.39 is 41.7 Å². The number of amides is 2. The van der Waals surface area contributed by atoms with Crippen LogP contribution in [0.25, 0.3) is 0 Å². The van der Waals surface area contributed by atoms with Crippen LogP contribution in [-0.4, -0.2) is 17.7 Å². The minimum Gasteiger partial charge on any atom is -0.386 e. The Labute approximate surface area is 124 Å². The van der Waals surface area contributed by atoms with Gasteiger partial charge < -0.3 is 15.7 Å². The topological polar surface area (TPSA) is 61.4 Å². The first-order valence-corrected chi connectivity index (χ1v) is 6.40. The van der Waals surface area contributed by atoms with Gasteiger partial charge in [-0.2, -0.15) is 0 Å². The lowest BCUT2D eigenvalue weighted by atomic mass is 10.1. The Balaban J connectivity index is 1.93. The summed E-state index contributed by atoms with van der Waals surface area (Å²) in [4.78, 5) is 11.6. The summed E-state index contributed by atoms with van der Waals surface area (Å²) in [6, 6.07) is 7.65. The van der Waals surface area contributed by atoms with Gasteiger partial charge in [0.15, 0.2) is 0 Å². The largest absolute Gasteiger partial charge is 0.386 e. The third kappa shape index (κ3) is 3.98. The van der Waals surface area contributed by atoms with Gasteiger partial charge in [-0.3, -0.25) is 0 Å². The predicted octanol–water partition coefficient (Wildman–Crippen LogP) is 2.96. The van der Waals surface area contributed by atoms with E-state index in [1.54, 1.807) is 0 Å². The molecule has 7 heteroatoms. The van der Waals surface area contributed by atoms with Gasteiger partial charge in [-0.15, -0.1) is 0 Å². The number of nitrogens with one attached hydrogen (secondary N) is 2. The Hall–Kier alpha value is -2.54. The molecule has 0 radical (unpaired) electrons. The van der Waals surface area contributed by atoms with E-state index in [4.69, 9.17) is 0 Å². The second-order valence-electron chi connectivity index (χ2n) is 4.50. The van der Waals surface area contributed by atoms with E-state index in [0.717, 1.165) is 18.2 Å². The van der Waals surface area contributed by atoms with Gasteiger partial charge in [0.25, 0.3) is 0 Å². The SMILES string of the molecule is O=C(NCC(O)c1c(F)cccc1F)Nc1cccc(F)c1. The highest BCUT2D eigenvalue weighted by Gasteiger charge is 2.18. The molecule has 0 aliphatic heterocycles. The molecule has 0 aromatic heterocycles. The van der Waals surface area contributed by atoms with Crippen LogP contribution >= 0.6 is 0 Å². The summed E-state index contributed by atoms with van der Waals surface area (Å²) in [6.07, 6.45) is -1.54. The van der Waals surface area contributed by atoms with Crippen molar-refractivity contribution in [3.05, 3.63) is 65.5 Å². The molecule has 0 heterocycles. The van der Waals surface area contributed by atoms with Crippen LogP contribution < -0.4 is 10.6 Å². The third-order valence-electron chi connectivity index (χ3n) is 2.87. The molecule has 2 amide bonds. The van der Waals surface area contributed by atoms with E-state index in [1.165, 1.54) is 24.3 Å². The lowest BCUT2D eigenvalue weighted by Gasteiger charge is -2.14. The van der Waals surface area contributed by atoms with Crippen LogP contribution in [0.2, 0.25) is 0 Å². The molecule has 116 valence electrons. The quantitative estimate of drug-likeness (QED) is 0.813. The second kappa shape index (κ2) is 6.95. The third-order valence-corrected chi connectivity index (χ3v) is 2.87. The van der Waals surface area contributed by atoms with E-state index in [9.17, 15) is 23.1 Å². The monoisotopic (exact) mass is 310 g/mol. The zero-order valence-electron chi connectivity index (χ0n) is 11.3. The summed E-state index contributed by atoms with van der Waals surface area (Å²) in [5.41, 5.74) is -0.308. The van der Waals surface area contributed by atoms with E-state index >= 15 is 0 Å². The van der Waals surface area contributed by atoms with Crippen LogP contribution in [0, 0.1) is 17.5 Å². The first-order chi connectivity index (χ1) is 10.5. The van der Waals surface area contributed by atoms with Gasteiger partial charge in [0.1, 0.15) is 23.6 Å². The van der Waals surface area contributed by atoms with Gasteiger partial charge in [-0.1, -0.05) is 12.1 Å². The fourth-order valence-electron chi connectivity index (χ4n) is 1.86. The maximum Gasteiger partial charge on any atom is 0.319 e. The van der Waals surface area contributed by atoms with E-state index in [2.05, 4.69) is 10.6 Å². The number of hydrogen-bond donors (Lipinski definition) is 3. The normalized spacial score (nSPS) is 11.8. The Morgan fingerprint density at radius 1 is 1.09 bits per heavy atom. The highest BCUT2D eigenvalue weighted by molar-refractivity contribution is 5.89. The van der Waals surface area contributed by atoms with Crippen molar-refractivity contribution in [2.45, 2.75) is 6.10 Å². The zero-order chi connectivity index (χ0) is 16.1. The van der Waals surface area contributed by atoms with Crippen molar-refractivity contribution in [3.63, 3.8) is 0 Å². The summed E-state index contributed by atoms with van der Waals surface area (Å²) in [7, 11) is 0. The standard InChI is InChI=1S/C15H13F3N2O2/c16-9-3-1-4-10(7-9)20-15(22)19-8-13(21)14-11(17)5-2-6-12(14)18/h1-7,13,21H,8H2,(H2,19,20,22). The van der Waals surface area contributed by atoms with Gasteiger partial charge in [0.05, 0.1) is 5.56 Å². The van der Waals surface area contributed by atoms with Crippen LogP contribution in [0.5, 0.6) is 0 Å². The molecule has 3 N–H and O–H groups in total. The van der Waals surface area contributed by atoms with Crippen molar-refractivity contribution >= 4 is 11.7 Å². The number of aliphatic hydroxyl groups excluding tert-OH is 1. The molecule has 1 atom stereocenters. The Bertz CT molecular complexity index is 659. The van der Waals surface area contributed by atoms with Gasteiger partial charge in [0.2, 0.25) is 0 Å². The molecule has 0 fully saturated rings. The van der Waals surface area contributed by atoms with Crippen molar-refractivity contribution in [1.29, 1.82) is 0 Å². The number of carbonyl (C=O) groups excluding carboxylic acids is 1. The second-order valence-corrected chi connectivity index (χ2v) is 4.50. The van der Waals surface area contributed by atoms with Crippen LogP contribution in [0.1, 0.15) is 11.7 Å². The fraction of sp³-hybridized carbons (Fsp3) is 0.133. The summed E-state index contributed by atoms with van der Waals surface area (Å²) < 4.78 is 39.8. The molecule has 4 nitrogen and oxygen atoms in total. The number of urea groups is 1. The fourth-order valence-corrected chi connectivity index (χ4v) is 1.86. The van der Waals surface area contributed by atoms with Crippen LogP contribution in [0.3, 0.4) is 0 Å². The van der Waals surface area contributed by atoms with E-state index in [1.807, 2.05) is 0 Å². The lowest BCUT2D eigenvalue weighted by Crippen LogP contribution is -2.32. The molecule has 22 heavy (non-hydrogen) atoms. The number of halogens is 3. The van der Waals surface area contributed by atoms with Crippen molar-refractivity contribution in [3.8, 4) is 0 Å². The molecular formula is C15H13F3N2O2. The average Bonchev–Trinajstić information content (AvgIpc) is 2.45. The van der Waals surface area contributed by atoms with Crippen molar-refractivity contribution < 1.29 is 23.1 Å². The minimum absolute atomic E-state index is 0.212. The number of benzene rings is 2. The first-order valence-electron chi connectivity index (χ1n) is 6.40. The summed E-state index contributed by atoms with van der Waals surface area (Å²) in [5.74, 6) is -2.33. The average molecular weight is 310 g/mol. The Morgan fingerprint density at radius 3 is 2.36 bits per heavy atom. The summed E-state index contributed by atoms with van der Waals surface area (Å²) >= 11 is 0. The molecule has 2 aromatic carbocycles. The van der Waals surface area contributed by atoms with Gasteiger partial charge >= 0.3 is 6.03 Å². The van der Waals surface area contributed by atoms with Gasteiger partial charge in [-0.25, -0.2) is 18.0 Å². The smallest absolute Gasteiger partial charge is 0.319 e. The molecular weight excluding hydrogens is 297 g/mol. The maximum absolute atomic E-state index is 13.4. The minimum atomic E-state index is -1.54. The molecule has 0 saturated carbocycles. The predicted molar refractivity (Wildman–Crippen MR) is 74.7 cm³/mol. The zero-order valence-corrected chi connectivity index (χ0v) is 11.3. The maximum atomic E-state index is 13.4. The molecule has 2 aromatic rings. The number of rotatable bonds is 4. The van der Waals surface area contributed by atoms with Crippen molar-refractivity contribution in [2.24, 2.45) is 0 Å². The van der Waals surface area contributed by atoms with E-state index in [-0.39, 0.29) is 5.69 Å². The van der Waals surface area contributed by atoms with Crippen LogP contribution in [-0.2, 0) is 0 Å². The van der Waals surface area contributed by atoms with E-state index in [0.29, 0.717) is 0 Å². The van der Waals surface area contributed by atoms with Gasteiger partial charge in [0, 0.05) is 12.2 Å². The van der Waals surface area contributed by atoms with Crippen LogP contribution in [0.4, 0.5) is 23.7 Å². The van der Waals surface area contributed by atoms with Gasteiger partial charge in [-0.05, 0) is 30.3 Å². The molecule has 0 spiro atoms. The molecule has 1 unspecified atom stereocenters. The number of aliphatic hydroxyl groups is 1. The highest BCUT2D eigenvalue weighted by Crippen LogP contribution is 2.20. The number of carbonyl (C=O) groups is 1. The number of anilines is 1. The van der Waals surface area contributed by atoms with Crippen molar-refractivity contribution in [1.82, 2.24) is 5.32 Å². The summed E-state index contributed by atoms with van der Waals surface area (Å²) in [6.45, 7) is -0.404. The molecule has 0 saturated heterocycles. The number of hydrogen-bond acceptors (Lipinski definition) is 2.